The Morgan fingerprint density at radius 2 is 1.86 bits per heavy atom. The number of carbonyl (C=O) groups is 3. The molecule has 0 fully saturated rings. The molecule has 9 nitrogen and oxygen atoms in total. The Morgan fingerprint density at radius 1 is 1.11 bits per heavy atom. The molecule has 9 heteroatoms. The van der Waals surface area contributed by atoms with E-state index in [1.807, 2.05) is 30.3 Å². The zero-order valence-electron chi connectivity index (χ0n) is 19.8. The summed E-state index contributed by atoms with van der Waals surface area (Å²) in [6.07, 6.45) is 1.77. The molecule has 1 aliphatic rings. The van der Waals surface area contributed by atoms with E-state index < -0.39 is 29.8 Å². The van der Waals surface area contributed by atoms with E-state index in [9.17, 15) is 19.5 Å². The van der Waals surface area contributed by atoms with E-state index in [2.05, 4.69) is 22.4 Å². The van der Waals surface area contributed by atoms with Gasteiger partial charge in [-0.15, -0.1) is 0 Å². The monoisotopic (exact) mass is 477 g/mol. The number of fused-ring (bicyclic) bond motifs is 3. The first kappa shape index (κ1) is 24.0. The van der Waals surface area contributed by atoms with Crippen molar-refractivity contribution in [2.45, 2.75) is 51.9 Å². The summed E-state index contributed by atoms with van der Waals surface area (Å²) in [6.45, 7) is 5.23. The van der Waals surface area contributed by atoms with Gasteiger partial charge in [-0.05, 0) is 55.0 Å². The van der Waals surface area contributed by atoms with Gasteiger partial charge in [0.1, 0.15) is 24.6 Å². The van der Waals surface area contributed by atoms with Crippen LogP contribution in [0.1, 0.15) is 43.2 Å². The number of amides is 1. The molecule has 0 aliphatic heterocycles. The Hall–Kier alpha value is -4.14. The minimum Gasteiger partial charge on any atom is -0.480 e. The molecule has 2 N–H and O–H groups in total. The highest BCUT2D eigenvalue weighted by atomic mass is 16.6. The molecule has 35 heavy (non-hydrogen) atoms. The van der Waals surface area contributed by atoms with Crippen LogP contribution in [0, 0.1) is 0 Å². The molecular weight excluding hydrogens is 450 g/mol. The van der Waals surface area contributed by atoms with Crippen molar-refractivity contribution in [3.63, 3.8) is 0 Å². The van der Waals surface area contributed by atoms with Crippen LogP contribution in [-0.2, 0) is 33.7 Å². The van der Waals surface area contributed by atoms with Gasteiger partial charge in [-0.3, -0.25) is 0 Å². The highest BCUT2D eigenvalue weighted by molar-refractivity contribution is 5.81. The largest absolute Gasteiger partial charge is 0.480 e. The zero-order valence-corrected chi connectivity index (χ0v) is 19.8. The van der Waals surface area contributed by atoms with Crippen LogP contribution < -0.4 is 5.32 Å². The number of carboxylic acids is 1. The van der Waals surface area contributed by atoms with Crippen molar-refractivity contribution >= 4 is 18.2 Å². The molecular formula is C26H27N3O6. The van der Waals surface area contributed by atoms with Crippen LogP contribution in [0.4, 0.5) is 9.59 Å². The van der Waals surface area contributed by atoms with Crippen molar-refractivity contribution in [1.82, 2.24) is 14.9 Å². The summed E-state index contributed by atoms with van der Waals surface area (Å²) in [6, 6.07) is 12.7. The fourth-order valence-corrected chi connectivity index (χ4v) is 3.98. The van der Waals surface area contributed by atoms with Crippen LogP contribution in [0.3, 0.4) is 0 Å². The number of nitrogens with one attached hydrogen (secondary N) is 1. The van der Waals surface area contributed by atoms with Crippen molar-refractivity contribution in [1.29, 1.82) is 0 Å². The summed E-state index contributed by atoms with van der Waals surface area (Å²) in [4.78, 5) is 40.3. The molecule has 1 heterocycles. The van der Waals surface area contributed by atoms with Gasteiger partial charge in [0.05, 0.1) is 5.69 Å². The quantitative estimate of drug-likeness (QED) is 0.428. The maximum Gasteiger partial charge on any atom is 0.419 e. The summed E-state index contributed by atoms with van der Waals surface area (Å²) in [5, 5.41) is 11.9. The number of hydrogen-bond acceptors (Lipinski definition) is 6. The van der Waals surface area contributed by atoms with Crippen LogP contribution in [0.25, 0.3) is 11.1 Å². The smallest absolute Gasteiger partial charge is 0.419 e. The third kappa shape index (κ3) is 5.68. The second-order valence-electron chi connectivity index (χ2n) is 9.35. The summed E-state index contributed by atoms with van der Waals surface area (Å²) in [5.74, 6) is -1.25. The predicted octanol–water partition coefficient (Wildman–Crippen LogP) is 4.16. The highest BCUT2D eigenvalue weighted by Crippen LogP contribution is 2.38. The number of alkyl carbamates (subject to hydrolysis) is 1. The number of nitrogens with zero attached hydrogens (tertiary/aromatic N) is 2. The van der Waals surface area contributed by atoms with Crippen LogP contribution in [0.5, 0.6) is 0 Å². The molecule has 4 rings (SSSR count). The summed E-state index contributed by atoms with van der Waals surface area (Å²) >= 11 is 0. The Balaban J connectivity index is 1.36. The summed E-state index contributed by atoms with van der Waals surface area (Å²) < 4.78 is 11.7. The van der Waals surface area contributed by atoms with E-state index in [1.165, 1.54) is 23.7 Å². The van der Waals surface area contributed by atoms with E-state index in [0.717, 1.165) is 27.7 Å². The molecule has 1 amide bonds. The van der Waals surface area contributed by atoms with Crippen LogP contribution in [0.15, 0.2) is 55.0 Å². The number of aromatic nitrogens is 2. The normalized spacial score (nSPS) is 12.9. The van der Waals surface area contributed by atoms with Gasteiger partial charge in [0, 0.05) is 12.6 Å². The molecule has 0 unspecified atom stereocenters. The summed E-state index contributed by atoms with van der Waals surface area (Å²) in [5.41, 5.74) is 5.11. The average Bonchev–Trinajstić information content (AvgIpc) is 3.41. The molecule has 1 atom stereocenters. The van der Waals surface area contributed by atoms with Gasteiger partial charge in [0.2, 0.25) is 0 Å². The number of rotatable bonds is 6. The SMILES string of the molecule is CC(C)(C)OC(=O)n1cnc(C[C@H](NC(=O)OCc2cccc3c2Cc2ccccc2-3)C(=O)O)c1. The zero-order chi connectivity index (χ0) is 25.2. The summed E-state index contributed by atoms with van der Waals surface area (Å²) in [7, 11) is 0. The van der Waals surface area contributed by atoms with Gasteiger partial charge in [-0.2, -0.15) is 0 Å². The average molecular weight is 478 g/mol. The molecule has 3 aromatic rings. The maximum atomic E-state index is 12.4. The molecule has 182 valence electrons. The molecule has 0 spiro atoms. The van der Waals surface area contributed by atoms with Gasteiger partial charge in [-0.1, -0.05) is 42.5 Å². The second kappa shape index (κ2) is 9.61. The van der Waals surface area contributed by atoms with Gasteiger partial charge >= 0.3 is 18.2 Å². The van der Waals surface area contributed by atoms with Crippen LogP contribution >= 0.6 is 0 Å². The van der Waals surface area contributed by atoms with E-state index in [-0.39, 0.29) is 13.0 Å². The first-order chi connectivity index (χ1) is 16.6. The molecule has 0 saturated heterocycles. The second-order valence-corrected chi connectivity index (χ2v) is 9.35. The third-order valence-corrected chi connectivity index (χ3v) is 5.55. The van der Waals surface area contributed by atoms with Gasteiger partial charge in [-0.25, -0.2) is 23.9 Å². The fraction of sp³-hybridized carbons (Fsp3) is 0.308. The van der Waals surface area contributed by atoms with Crippen molar-refractivity contribution in [2.24, 2.45) is 0 Å². The van der Waals surface area contributed by atoms with Crippen molar-refractivity contribution in [2.75, 3.05) is 0 Å². The first-order valence-corrected chi connectivity index (χ1v) is 11.2. The standard InChI is InChI=1S/C26H27N3O6/c1-26(2,3)35-25(33)29-13-18(27-15-29)12-22(23(30)31)28-24(32)34-14-17-8-6-10-20-19-9-5-4-7-16(19)11-21(17)20/h4-10,13,15,22H,11-12,14H2,1-3H3,(H,28,32)(H,30,31)/t22-/m0/s1. The lowest BCUT2D eigenvalue weighted by Crippen LogP contribution is -2.42. The first-order valence-electron chi connectivity index (χ1n) is 11.2. The van der Waals surface area contributed by atoms with E-state index in [1.54, 1.807) is 20.8 Å². The van der Waals surface area contributed by atoms with Gasteiger partial charge in [0.15, 0.2) is 0 Å². The molecule has 2 aromatic carbocycles. The van der Waals surface area contributed by atoms with Crippen molar-refractivity contribution in [3.8, 4) is 11.1 Å². The number of benzene rings is 2. The highest BCUT2D eigenvalue weighted by Gasteiger charge is 2.25. The number of hydrogen-bond donors (Lipinski definition) is 2. The Morgan fingerprint density at radius 3 is 2.60 bits per heavy atom. The maximum absolute atomic E-state index is 12.4. The molecule has 1 aliphatic carbocycles. The van der Waals surface area contributed by atoms with Crippen molar-refractivity contribution < 1.29 is 29.0 Å². The van der Waals surface area contributed by atoms with E-state index in [0.29, 0.717) is 5.69 Å². The minimum atomic E-state index is -1.28. The Bertz CT molecular complexity index is 1270. The number of ether oxygens (including phenoxy) is 2. The van der Waals surface area contributed by atoms with Crippen LogP contribution in [-0.4, -0.2) is 44.5 Å². The van der Waals surface area contributed by atoms with Gasteiger partial charge in [0.25, 0.3) is 0 Å². The molecule has 0 radical (unpaired) electrons. The molecule has 0 bridgehead atoms. The lowest BCUT2D eigenvalue weighted by molar-refractivity contribution is -0.139. The third-order valence-electron chi connectivity index (χ3n) is 5.55. The number of imidazole rings is 1. The Kier molecular flexibility index (Phi) is 6.59. The molecule has 1 aromatic heterocycles. The predicted molar refractivity (Wildman–Crippen MR) is 127 cm³/mol. The lowest BCUT2D eigenvalue weighted by Gasteiger charge is -2.19. The number of carbonyl (C=O) groups excluding carboxylic acids is 2. The van der Waals surface area contributed by atoms with Crippen molar-refractivity contribution in [3.05, 3.63) is 77.4 Å². The topological polar surface area (TPSA) is 120 Å². The van der Waals surface area contributed by atoms with E-state index in [4.69, 9.17) is 9.47 Å². The number of carboxylic acid groups (broad SMARTS) is 1. The molecule has 0 saturated carbocycles. The van der Waals surface area contributed by atoms with E-state index >= 15 is 0 Å². The fourth-order valence-electron chi connectivity index (χ4n) is 3.98. The minimum absolute atomic E-state index is 0.0165. The van der Waals surface area contributed by atoms with Gasteiger partial charge < -0.3 is 19.9 Å². The van der Waals surface area contributed by atoms with Crippen LogP contribution in [0.2, 0.25) is 0 Å². The number of aliphatic carboxylic acids is 1. The Labute approximate surface area is 202 Å². The lowest BCUT2D eigenvalue weighted by atomic mass is 10.0.